The zero-order valence-electron chi connectivity index (χ0n) is 8.94. The summed E-state index contributed by atoms with van der Waals surface area (Å²) in [5.74, 6) is 0.481. The third kappa shape index (κ3) is 1.70. The maximum atomic E-state index is 5.64. The zero-order valence-corrected chi connectivity index (χ0v) is 8.94. The van der Waals surface area contributed by atoms with Gasteiger partial charge in [-0.25, -0.2) is 4.68 Å². The first-order chi connectivity index (χ1) is 7.22. The standard InChI is InChI=1S/C11H14N4/c1-3-9-4-6-10(7-5-9)15-8(2)11(12)13-14-15/h4-7H,3,12H2,1-2H3. The van der Waals surface area contributed by atoms with Crippen molar-refractivity contribution >= 4 is 5.82 Å². The minimum atomic E-state index is 0.481. The van der Waals surface area contributed by atoms with Crippen LogP contribution in [0.15, 0.2) is 24.3 Å². The second-order valence-electron chi connectivity index (χ2n) is 3.49. The van der Waals surface area contributed by atoms with E-state index in [0.29, 0.717) is 5.82 Å². The van der Waals surface area contributed by atoms with Crippen LogP contribution in [-0.2, 0) is 6.42 Å². The summed E-state index contributed by atoms with van der Waals surface area (Å²) in [5.41, 5.74) is 8.82. The Bertz CT molecular complexity index is 456. The van der Waals surface area contributed by atoms with Gasteiger partial charge in [-0.1, -0.05) is 24.3 Å². The number of hydrogen-bond donors (Lipinski definition) is 1. The average Bonchev–Trinajstić information content (AvgIpc) is 2.60. The Labute approximate surface area is 88.7 Å². The van der Waals surface area contributed by atoms with Gasteiger partial charge in [-0.15, -0.1) is 5.10 Å². The van der Waals surface area contributed by atoms with E-state index in [1.54, 1.807) is 4.68 Å². The van der Waals surface area contributed by atoms with Crippen LogP contribution in [0.25, 0.3) is 5.69 Å². The number of aromatic nitrogens is 3. The van der Waals surface area contributed by atoms with Crippen LogP contribution in [0.3, 0.4) is 0 Å². The van der Waals surface area contributed by atoms with Crippen molar-refractivity contribution in [2.45, 2.75) is 20.3 Å². The third-order valence-electron chi connectivity index (χ3n) is 2.52. The van der Waals surface area contributed by atoms with Crippen LogP contribution < -0.4 is 5.73 Å². The van der Waals surface area contributed by atoms with Crippen molar-refractivity contribution in [2.24, 2.45) is 0 Å². The maximum absolute atomic E-state index is 5.64. The van der Waals surface area contributed by atoms with Gasteiger partial charge in [-0.05, 0) is 31.0 Å². The molecule has 0 fully saturated rings. The lowest BCUT2D eigenvalue weighted by Crippen LogP contribution is -1.99. The van der Waals surface area contributed by atoms with Crippen molar-refractivity contribution in [2.75, 3.05) is 5.73 Å². The molecule has 0 aliphatic heterocycles. The molecule has 0 bridgehead atoms. The molecule has 0 spiro atoms. The van der Waals surface area contributed by atoms with Gasteiger partial charge in [0, 0.05) is 0 Å². The molecule has 0 unspecified atom stereocenters. The molecule has 0 radical (unpaired) electrons. The number of hydrogen-bond acceptors (Lipinski definition) is 3. The van der Waals surface area contributed by atoms with Gasteiger partial charge in [-0.3, -0.25) is 0 Å². The van der Waals surface area contributed by atoms with Gasteiger partial charge in [0.25, 0.3) is 0 Å². The summed E-state index contributed by atoms with van der Waals surface area (Å²) >= 11 is 0. The van der Waals surface area contributed by atoms with Crippen LogP contribution in [0.4, 0.5) is 5.82 Å². The fourth-order valence-corrected chi connectivity index (χ4v) is 1.46. The summed E-state index contributed by atoms with van der Waals surface area (Å²) in [5, 5.41) is 7.81. The highest BCUT2D eigenvalue weighted by molar-refractivity contribution is 5.40. The van der Waals surface area contributed by atoms with Crippen LogP contribution in [0.1, 0.15) is 18.2 Å². The highest BCUT2D eigenvalue weighted by Crippen LogP contribution is 2.14. The first-order valence-corrected chi connectivity index (χ1v) is 4.99. The lowest BCUT2D eigenvalue weighted by molar-refractivity contribution is 0.785. The summed E-state index contributed by atoms with van der Waals surface area (Å²) in [7, 11) is 0. The van der Waals surface area contributed by atoms with Crippen molar-refractivity contribution in [1.82, 2.24) is 15.0 Å². The summed E-state index contributed by atoms with van der Waals surface area (Å²) in [6.45, 7) is 4.04. The van der Waals surface area contributed by atoms with Crippen LogP contribution in [0, 0.1) is 6.92 Å². The van der Waals surface area contributed by atoms with Crippen LogP contribution in [-0.4, -0.2) is 15.0 Å². The Kier molecular flexibility index (Phi) is 2.41. The van der Waals surface area contributed by atoms with E-state index in [2.05, 4.69) is 29.4 Å². The van der Waals surface area contributed by atoms with Gasteiger partial charge >= 0.3 is 0 Å². The summed E-state index contributed by atoms with van der Waals surface area (Å²) in [4.78, 5) is 0. The molecule has 4 nitrogen and oxygen atoms in total. The minimum Gasteiger partial charge on any atom is -0.381 e. The SMILES string of the molecule is CCc1ccc(-n2nnc(N)c2C)cc1. The molecular formula is C11H14N4. The molecule has 0 saturated heterocycles. The molecule has 15 heavy (non-hydrogen) atoms. The van der Waals surface area contributed by atoms with E-state index < -0.39 is 0 Å². The zero-order chi connectivity index (χ0) is 10.8. The van der Waals surface area contributed by atoms with E-state index in [9.17, 15) is 0 Å². The van der Waals surface area contributed by atoms with E-state index in [1.165, 1.54) is 5.56 Å². The van der Waals surface area contributed by atoms with Crippen molar-refractivity contribution in [3.8, 4) is 5.69 Å². The van der Waals surface area contributed by atoms with E-state index in [0.717, 1.165) is 17.8 Å². The smallest absolute Gasteiger partial charge is 0.169 e. The van der Waals surface area contributed by atoms with Gasteiger partial charge in [0.15, 0.2) is 5.82 Å². The topological polar surface area (TPSA) is 56.7 Å². The molecule has 1 heterocycles. The van der Waals surface area contributed by atoms with E-state index >= 15 is 0 Å². The second-order valence-corrected chi connectivity index (χ2v) is 3.49. The molecule has 2 rings (SSSR count). The average molecular weight is 202 g/mol. The van der Waals surface area contributed by atoms with Crippen molar-refractivity contribution in [3.05, 3.63) is 35.5 Å². The molecule has 2 N–H and O–H groups in total. The predicted octanol–water partition coefficient (Wildman–Crippen LogP) is 1.72. The Hall–Kier alpha value is -1.84. The van der Waals surface area contributed by atoms with Gasteiger partial charge < -0.3 is 5.73 Å². The first-order valence-electron chi connectivity index (χ1n) is 4.99. The molecule has 1 aromatic heterocycles. The summed E-state index contributed by atoms with van der Waals surface area (Å²) < 4.78 is 1.74. The third-order valence-corrected chi connectivity index (χ3v) is 2.52. The number of nitrogen functional groups attached to an aromatic ring is 1. The second kappa shape index (κ2) is 3.73. The maximum Gasteiger partial charge on any atom is 0.169 e. The number of nitrogens with zero attached hydrogens (tertiary/aromatic N) is 3. The molecule has 0 aliphatic rings. The predicted molar refractivity (Wildman–Crippen MR) is 59.9 cm³/mol. The lowest BCUT2D eigenvalue weighted by Gasteiger charge is -2.03. The fraction of sp³-hybridized carbons (Fsp3) is 0.273. The van der Waals surface area contributed by atoms with Crippen LogP contribution >= 0.6 is 0 Å². The van der Waals surface area contributed by atoms with Crippen molar-refractivity contribution in [1.29, 1.82) is 0 Å². The normalized spacial score (nSPS) is 10.5. The number of nitrogens with two attached hydrogens (primary N) is 1. The van der Waals surface area contributed by atoms with Gasteiger partial charge in [-0.2, -0.15) is 0 Å². The van der Waals surface area contributed by atoms with Crippen molar-refractivity contribution < 1.29 is 0 Å². The van der Waals surface area contributed by atoms with Crippen LogP contribution in [0.5, 0.6) is 0 Å². The Morgan fingerprint density at radius 1 is 1.27 bits per heavy atom. The first kappa shape index (κ1) is 9.71. The summed E-state index contributed by atoms with van der Waals surface area (Å²) in [6.07, 6.45) is 1.04. The number of rotatable bonds is 2. The van der Waals surface area contributed by atoms with Gasteiger partial charge in [0.05, 0.1) is 11.4 Å². The van der Waals surface area contributed by atoms with Gasteiger partial charge in [0.1, 0.15) is 0 Å². The van der Waals surface area contributed by atoms with E-state index in [4.69, 9.17) is 5.73 Å². The summed E-state index contributed by atoms with van der Waals surface area (Å²) in [6, 6.07) is 8.24. The highest BCUT2D eigenvalue weighted by atomic mass is 15.4. The Morgan fingerprint density at radius 2 is 1.93 bits per heavy atom. The largest absolute Gasteiger partial charge is 0.381 e. The Morgan fingerprint density at radius 3 is 2.40 bits per heavy atom. The van der Waals surface area contributed by atoms with Gasteiger partial charge in [0.2, 0.25) is 0 Å². The quantitative estimate of drug-likeness (QED) is 0.806. The molecule has 1 aromatic carbocycles. The molecule has 0 amide bonds. The molecule has 0 atom stereocenters. The van der Waals surface area contributed by atoms with Crippen molar-refractivity contribution in [3.63, 3.8) is 0 Å². The lowest BCUT2D eigenvalue weighted by atomic mass is 10.1. The molecule has 0 saturated carbocycles. The minimum absolute atomic E-state index is 0.481. The van der Waals surface area contributed by atoms with E-state index in [1.807, 2.05) is 19.1 Å². The number of anilines is 1. The monoisotopic (exact) mass is 202 g/mol. The molecule has 4 heteroatoms. The molecule has 78 valence electrons. The molecule has 2 aromatic rings. The number of aryl methyl sites for hydroxylation is 1. The molecular weight excluding hydrogens is 188 g/mol. The van der Waals surface area contributed by atoms with Crippen LogP contribution in [0.2, 0.25) is 0 Å². The van der Waals surface area contributed by atoms with E-state index in [-0.39, 0.29) is 0 Å². The molecule has 0 aliphatic carbocycles. The Balaban J connectivity index is 2.41. The number of benzene rings is 1. The fourth-order valence-electron chi connectivity index (χ4n) is 1.46. The highest BCUT2D eigenvalue weighted by Gasteiger charge is 2.06.